The number of nitrogens with two attached hydrogens (primary N) is 1. The molecule has 19 heavy (non-hydrogen) atoms. The zero-order chi connectivity index (χ0) is 13.7. The Morgan fingerprint density at radius 3 is 2.79 bits per heavy atom. The molecule has 1 atom stereocenters. The minimum absolute atomic E-state index is 0.213. The van der Waals surface area contributed by atoms with Gasteiger partial charge in [-0.2, -0.15) is 11.3 Å². The summed E-state index contributed by atoms with van der Waals surface area (Å²) in [4.78, 5) is 2.21. The zero-order valence-corrected chi connectivity index (χ0v) is 11.9. The van der Waals surface area contributed by atoms with Gasteiger partial charge in [-0.25, -0.2) is 4.39 Å². The summed E-state index contributed by atoms with van der Waals surface area (Å²) >= 11 is 1.70. The largest absolute Gasteiger partial charge is 0.324 e. The van der Waals surface area contributed by atoms with E-state index in [4.69, 9.17) is 5.73 Å². The Bertz CT molecular complexity index is 499. The van der Waals surface area contributed by atoms with Gasteiger partial charge in [0.05, 0.1) is 0 Å². The second-order valence-corrected chi connectivity index (χ2v) is 5.57. The van der Waals surface area contributed by atoms with Crippen LogP contribution in [0.3, 0.4) is 0 Å². The van der Waals surface area contributed by atoms with E-state index < -0.39 is 0 Å². The molecule has 0 spiro atoms. The standard InChI is InChI=1S/C15H19FN2S/c1-18(10-12-7-9-19-11-12)8-6-15(17)13-4-2-3-5-14(13)16/h2-5,7,9,11,15H,6,8,10,17H2,1H3. The summed E-state index contributed by atoms with van der Waals surface area (Å²) in [6.45, 7) is 1.76. The molecule has 2 N–H and O–H groups in total. The van der Waals surface area contributed by atoms with E-state index >= 15 is 0 Å². The Balaban J connectivity index is 1.83. The van der Waals surface area contributed by atoms with Crippen molar-refractivity contribution in [2.45, 2.75) is 19.0 Å². The molecule has 1 aromatic heterocycles. The van der Waals surface area contributed by atoms with Gasteiger partial charge in [-0.1, -0.05) is 18.2 Å². The van der Waals surface area contributed by atoms with Crippen molar-refractivity contribution in [3.05, 3.63) is 58.0 Å². The van der Waals surface area contributed by atoms with Gasteiger partial charge < -0.3 is 10.6 Å². The highest BCUT2D eigenvalue weighted by Crippen LogP contribution is 2.18. The molecule has 1 unspecified atom stereocenters. The van der Waals surface area contributed by atoms with Crippen LogP contribution in [0, 0.1) is 5.82 Å². The number of nitrogens with zero attached hydrogens (tertiary/aromatic N) is 1. The molecule has 2 aromatic rings. The Labute approximate surface area is 117 Å². The first-order chi connectivity index (χ1) is 9.16. The lowest BCUT2D eigenvalue weighted by Crippen LogP contribution is -2.23. The molecule has 0 amide bonds. The van der Waals surface area contributed by atoms with Crippen LogP contribution in [0.15, 0.2) is 41.1 Å². The lowest BCUT2D eigenvalue weighted by atomic mass is 10.0. The number of halogens is 1. The summed E-state index contributed by atoms with van der Waals surface area (Å²) in [5.41, 5.74) is 7.97. The summed E-state index contributed by atoms with van der Waals surface area (Å²) in [6.07, 6.45) is 0.752. The van der Waals surface area contributed by atoms with Crippen molar-refractivity contribution in [2.24, 2.45) is 5.73 Å². The molecule has 102 valence electrons. The molecule has 0 aliphatic heterocycles. The van der Waals surface area contributed by atoms with Crippen LogP contribution in [-0.4, -0.2) is 18.5 Å². The predicted octanol–water partition coefficient (Wildman–Crippen LogP) is 3.41. The third-order valence-electron chi connectivity index (χ3n) is 3.16. The fraction of sp³-hybridized carbons (Fsp3) is 0.333. The molecule has 0 saturated heterocycles. The van der Waals surface area contributed by atoms with Gasteiger partial charge >= 0.3 is 0 Å². The number of thiophene rings is 1. The molecule has 0 fully saturated rings. The molecule has 4 heteroatoms. The van der Waals surface area contributed by atoms with Crippen molar-refractivity contribution >= 4 is 11.3 Å². The van der Waals surface area contributed by atoms with E-state index in [0.29, 0.717) is 5.56 Å². The Kier molecular flexibility index (Phi) is 5.07. The maximum absolute atomic E-state index is 13.6. The van der Waals surface area contributed by atoms with Crippen LogP contribution < -0.4 is 5.73 Å². The number of hydrogen-bond acceptors (Lipinski definition) is 3. The van der Waals surface area contributed by atoms with Crippen LogP contribution in [0.5, 0.6) is 0 Å². The Morgan fingerprint density at radius 1 is 1.32 bits per heavy atom. The summed E-state index contributed by atoms with van der Waals surface area (Å²) in [6, 6.07) is 8.62. The molecule has 0 saturated carbocycles. The topological polar surface area (TPSA) is 29.3 Å². The molecule has 0 bridgehead atoms. The van der Waals surface area contributed by atoms with Gasteiger partial charge in [0.2, 0.25) is 0 Å². The SMILES string of the molecule is CN(CCC(N)c1ccccc1F)Cc1ccsc1. The lowest BCUT2D eigenvalue weighted by molar-refractivity contribution is 0.310. The fourth-order valence-corrected chi connectivity index (χ4v) is 2.72. The fourth-order valence-electron chi connectivity index (χ4n) is 2.06. The van der Waals surface area contributed by atoms with E-state index in [9.17, 15) is 4.39 Å². The molecule has 0 aliphatic carbocycles. The van der Waals surface area contributed by atoms with Crippen LogP contribution in [0.2, 0.25) is 0 Å². The third-order valence-corrected chi connectivity index (χ3v) is 3.89. The van der Waals surface area contributed by atoms with Gasteiger partial charge in [-0.15, -0.1) is 0 Å². The highest BCUT2D eigenvalue weighted by molar-refractivity contribution is 7.07. The summed E-state index contributed by atoms with van der Waals surface area (Å²) in [5, 5.41) is 4.22. The monoisotopic (exact) mass is 278 g/mol. The highest BCUT2D eigenvalue weighted by Gasteiger charge is 2.11. The maximum Gasteiger partial charge on any atom is 0.127 e. The van der Waals surface area contributed by atoms with Crippen LogP contribution >= 0.6 is 11.3 Å². The first-order valence-corrected chi connectivity index (χ1v) is 7.30. The van der Waals surface area contributed by atoms with Gasteiger partial charge in [0.15, 0.2) is 0 Å². The minimum atomic E-state index is -0.244. The number of hydrogen-bond donors (Lipinski definition) is 1. The molecular formula is C15H19FN2S. The van der Waals surface area contributed by atoms with Crippen molar-refractivity contribution in [1.82, 2.24) is 4.90 Å². The van der Waals surface area contributed by atoms with Gasteiger partial charge in [-0.3, -0.25) is 0 Å². The molecular weight excluding hydrogens is 259 g/mol. The summed E-state index contributed by atoms with van der Waals surface area (Å²) in [5.74, 6) is -0.213. The average Bonchev–Trinajstić information content (AvgIpc) is 2.89. The van der Waals surface area contributed by atoms with Crippen LogP contribution in [-0.2, 0) is 6.54 Å². The van der Waals surface area contributed by atoms with E-state index in [1.54, 1.807) is 23.5 Å². The predicted molar refractivity (Wildman–Crippen MR) is 78.6 cm³/mol. The second-order valence-electron chi connectivity index (χ2n) is 4.79. The van der Waals surface area contributed by atoms with Crippen molar-refractivity contribution in [3.8, 4) is 0 Å². The number of rotatable bonds is 6. The summed E-state index contributed by atoms with van der Waals surface area (Å²) in [7, 11) is 2.06. The first-order valence-electron chi connectivity index (χ1n) is 6.36. The van der Waals surface area contributed by atoms with E-state index in [2.05, 4.69) is 28.8 Å². The molecule has 1 aromatic carbocycles. The second kappa shape index (κ2) is 6.80. The smallest absolute Gasteiger partial charge is 0.127 e. The molecule has 1 heterocycles. The molecule has 2 rings (SSSR count). The van der Waals surface area contributed by atoms with E-state index in [-0.39, 0.29) is 11.9 Å². The van der Waals surface area contributed by atoms with Crippen molar-refractivity contribution in [2.75, 3.05) is 13.6 Å². The van der Waals surface area contributed by atoms with Gasteiger partial charge in [0.25, 0.3) is 0 Å². The molecule has 0 aliphatic rings. The van der Waals surface area contributed by atoms with E-state index in [1.165, 1.54) is 11.6 Å². The quantitative estimate of drug-likeness (QED) is 0.877. The van der Waals surface area contributed by atoms with Crippen LogP contribution in [0.25, 0.3) is 0 Å². The van der Waals surface area contributed by atoms with Gasteiger partial charge in [-0.05, 0) is 48.5 Å². The van der Waals surface area contributed by atoms with Crippen molar-refractivity contribution < 1.29 is 4.39 Å². The van der Waals surface area contributed by atoms with E-state index in [1.807, 2.05) is 6.07 Å². The van der Waals surface area contributed by atoms with Crippen LogP contribution in [0.1, 0.15) is 23.6 Å². The average molecular weight is 278 g/mol. The molecule has 0 radical (unpaired) electrons. The van der Waals surface area contributed by atoms with Crippen LogP contribution in [0.4, 0.5) is 4.39 Å². The maximum atomic E-state index is 13.6. The highest BCUT2D eigenvalue weighted by atomic mass is 32.1. The van der Waals surface area contributed by atoms with Gasteiger partial charge in [0.1, 0.15) is 5.82 Å². The van der Waals surface area contributed by atoms with Gasteiger partial charge in [0, 0.05) is 18.2 Å². The number of benzene rings is 1. The first kappa shape index (κ1) is 14.2. The third kappa shape index (κ3) is 4.13. The van der Waals surface area contributed by atoms with Crippen molar-refractivity contribution in [1.29, 1.82) is 0 Å². The minimum Gasteiger partial charge on any atom is -0.324 e. The Morgan fingerprint density at radius 2 is 2.11 bits per heavy atom. The van der Waals surface area contributed by atoms with E-state index in [0.717, 1.165) is 19.5 Å². The van der Waals surface area contributed by atoms with Crippen molar-refractivity contribution in [3.63, 3.8) is 0 Å². The Hall–Kier alpha value is -1.23. The zero-order valence-electron chi connectivity index (χ0n) is 11.1. The molecule has 2 nitrogen and oxygen atoms in total. The lowest BCUT2D eigenvalue weighted by Gasteiger charge is -2.19. The normalized spacial score (nSPS) is 12.8. The summed E-state index contributed by atoms with van der Waals surface area (Å²) < 4.78 is 13.6.